The van der Waals surface area contributed by atoms with Gasteiger partial charge in [0, 0.05) is 35.6 Å². The highest BCUT2D eigenvalue weighted by Crippen LogP contribution is 2.31. The number of likely N-dealkylation sites (tertiary alicyclic amines) is 1. The molecule has 0 N–H and O–H groups in total. The summed E-state index contributed by atoms with van der Waals surface area (Å²) in [4.78, 5) is 43.8. The summed E-state index contributed by atoms with van der Waals surface area (Å²) < 4.78 is 0. The Morgan fingerprint density at radius 2 is 1.61 bits per heavy atom. The lowest BCUT2D eigenvalue weighted by atomic mass is 10.1. The van der Waals surface area contributed by atoms with Gasteiger partial charge in [-0.15, -0.1) is 0 Å². The SMILES string of the molecule is C=C1c2ccccc2C(=O)N1CC(=O)N(CC(=O)N1CCCCC1)c1ccc(C)cc1. The first kappa shape index (κ1) is 20.8. The smallest absolute Gasteiger partial charge is 0.259 e. The predicted octanol–water partition coefficient (Wildman–Crippen LogP) is 3.47. The molecular weight excluding hydrogens is 390 g/mol. The summed E-state index contributed by atoms with van der Waals surface area (Å²) >= 11 is 0. The van der Waals surface area contributed by atoms with E-state index < -0.39 is 0 Å². The van der Waals surface area contributed by atoms with Crippen molar-refractivity contribution in [2.75, 3.05) is 31.1 Å². The molecule has 2 aliphatic heterocycles. The van der Waals surface area contributed by atoms with Crippen molar-refractivity contribution in [1.82, 2.24) is 9.80 Å². The van der Waals surface area contributed by atoms with Gasteiger partial charge in [-0.25, -0.2) is 0 Å². The van der Waals surface area contributed by atoms with E-state index in [9.17, 15) is 14.4 Å². The summed E-state index contributed by atoms with van der Waals surface area (Å²) in [6.45, 7) is 7.25. The third-order valence-corrected chi connectivity index (χ3v) is 5.98. The number of piperidine rings is 1. The van der Waals surface area contributed by atoms with Crippen LogP contribution in [0.25, 0.3) is 5.70 Å². The molecule has 2 aromatic carbocycles. The van der Waals surface area contributed by atoms with Gasteiger partial charge >= 0.3 is 0 Å². The van der Waals surface area contributed by atoms with Gasteiger partial charge in [-0.05, 0) is 44.4 Å². The molecule has 31 heavy (non-hydrogen) atoms. The van der Waals surface area contributed by atoms with E-state index in [0.29, 0.717) is 16.9 Å². The lowest BCUT2D eigenvalue weighted by molar-refractivity contribution is -0.132. The number of hydrogen-bond acceptors (Lipinski definition) is 3. The van der Waals surface area contributed by atoms with Crippen molar-refractivity contribution in [2.45, 2.75) is 26.2 Å². The standard InChI is InChI=1S/C25H27N3O3/c1-18-10-12-20(13-11-18)28(16-23(29)26-14-6-3-7-15-26)24(30)17-27-19(2)21-8-4-5-9-22(21)25(27)31/h4-5,8-13H,2-3,6-7,14-17H2,1H3. The van der Waals surface area contributed by atoms with Gasteiger partial charge in [0.1, 0.15) is 13.1 Å². The first-order chi connectivity index (χ1) is 15.0. The Balaban J connectivity index is 1.55. The van der Waals surface area contributed by atoms with E-state index in [0.717, 1.165) is 43.5 Å². The van der Waals surface area contributed by atoms with E-state index in [-0.39, 0.29) is 30.8 Å². The molecular formula is C25H27N3O3. The summed E-state index contributed by atoms with van der Waals surface area (Å²) in [5.74, 6) is -0.611. The van der Waals surface area contributed by atoms with Gasteiger partial charge in [-0.2, -0.15) is 0 Å². The lowest BCUT2D eigenvalue weighted by Crippen LogP contribution is -2.47. The first-order valence-corrected chi connectivity index (χ1v) is 10.7. The van der Waals surface area contributed by atoms with Crippen LogP contribution in [-0.2, 0) is 9.59 Å². The van der Waals surface area contributed by atoms with Gasteiger partial charge in [0.25, 0.3) is 5.91 Å². The van der Waals surface area contributed by atoms with Crippen LogP contribution >= 0.6 is 0 Å². The molecule has 6 heteroatoms. The zero-order valence-corrected chi connectivity index (χ0v) is 17.8. The van der Waals surface area contributed by atoms with Gasteiger partial charge in [0.15, 0.2) is 0 Å². The van der Waals surface area contributed by atoms with E-state index >= 15 is 0 Å². The zero-order chi connectivity index (χ0) is 22.0. The second kappa shape index (κ2) is 8.76. The van der Waals surface area contributed by atoms with Gasteiger partial charge < -0.3 is 9.80 Å². The maximum Gasteiger partial charge on any atom is 0.259 e. The Labute approximate surface area is 182 Å². The van der Waals surface area contributed by atoms with Crippen LogP contribution in [0.15, 0.2) is 55.1 Å². The number of aryl methyl sites for hydroxylation is 1. The maximum atomic E-state index is 13.4. The van der Waals surface area contributed by atoms with Crippen LogP contribution in [0, 0.1) is 6.92 Å². The van der Waals surface area contributed by atoms with Gasteiger partial charge in [-0.3, -0.25) is 19.3 Å². The van der Waals surface area contributed by atoms with Crippen LogP contribution in [0.2, 0.25) is 0 Å². The summed E-state index contributed by atoms with van der Waals surface area (Å²) in [5, 5.41) is 0. The van der Waals surface area contributed by atoms with E-state index in [4.69, 9.17) is 0 Å². The molecule has 4 rings (SSSR count). The molecule has 160 valence electrons. The monoisotopic (exact) mass is 417 g/mol. The molecule has 3 amide bonds. The van der Waals surface area contributed by atoms with Gasteiger partial charge in [0.2, 0.25) is 11.8 Å². The molecule has 0 radical (unpaired) electrons. The number of amides is 3. The quantitative estimate of drug-likeness (QED) is 0.749. The second-order valence-corrected chi connectivity index (χ2v) is 8.14. The highest BCUT2D eigenvalue weighted by molar-refractivity contribution is 6.11. The molecule has 6 nitrogen and oxygen atoms in total. The van der Waals surface area contributed by atoms with Crippen molar-refractivity contribution >= 4 is 29.1 Å². The fraction of sp³-hybridized carbons (Fsp3) is 0.320. The van der Waals surface area contributed by atoms with Crippen molar-refractivity contribution in [1.29, 1.82) is 0 Å². The Morgan fingerprint density at radius 3 is 2.26 bits per heavy atom. The molecule has 0 spiro atoms. The Morgan fingerprint density at radius 1 is 0.968 bits per heavy atom. The average molecular weight is 418 g/mol. The lowest BCUT2D eigenvalue weighted by Gasteiger charge is -2.31. The summed E-state index contributed by atoms with van der Waals surface area (Å²) in [5.41, 5.74) is 3.52. The fourth-order valence-electron chi connectivity index (χ4n) is 4.15. The van der Waals surface area contributed by atoms with Crippen LogP contribution in [0.3, 0.4) is 0 Å². The van der Waals surface area contributed by atoms with E-state index in [1.807, 2.05) is 48.2 Å². The Hall–Kier alpha value is -3.41. The number of carbonyl (C=O) groups is 3. The van der Waals surface area contributed by atoms with Gasteiger partial charge in [0.05, 0.1) is 0 Å². The Kier molecular flexibility index (Phi) is 5.89. The third kappa shape index (κ3) is 4.24. The van der Waals surface area contributed by atoms with Crippen molar-refractivity contribution in [3.63, 3.8) is 0 Å². The van der Waals surface area contributed by atoms with Crippen molar-refractivity contribution < 1.29 is 14.4 Å². The van der Waals surface area contributed by atoms with Crippen LogP contribution in [0.5, 0.6) is 0 Å². The molecule has 1 saturated heterocycles. The molecule has 2 aliphatic rings. The highest BCUT2D eigenvalue weighted by atomic mass is 16.2. The van der Waals surface area contributed by atoms with E-state index in [1.165, 1.54) is 9.80 Å². The van der Waals surface area contributed by atoms with Crippen LogP contribution < -0.4 is 4.90 Å². The summed E-state index contributed by atoms with van der Waals surface area (Å²) in [6.07, 6.45) is 3.11. The number of carbonyl (C=O) groups excluding carboxylic acids is 3. The van der Waals surface area contributed by atoms with Crippen molar-refractivity contribution in [3.8, 4) is 0 Å². The molecule has 2 aromatic rings. The number of anilines is 1. The average Bonchev–Trinajstić information content (AvgIpc) is 3.03. The maximum absolute atomic E-state index is 13.4. The molecule has 2 heterocycles. The minimum absolute atomic E-state index is 0.0383. The summed E-state index contributed by atoms with van der Waals surface area (Å²) in [7, 11) is 0. The van der Waals surface area contributed by atoms with Gasteiger partial charge in [-0.1, -0.05) is 42.5 Å². The first-order valence-electron chi connectivity index (χ1n) is 10.7. The number of fused-ring (bicyclic) bond motifs is 1. The van der Waals surface area contributed by atoms with Crippen LogP contribution in [-0.4, -0.2) is 53.7 Å². The minimum atomic E-state index is -0.309. The molecule has 0 saturated carbocycles. The van der Waals surface area contributed by atoms with Crippen LogP contribution in [0.4, 0.5) is 5.69 Å². The fourth-order valence-corrected chi connectivity index (χ4v) is 4.15. The molecule has 0 aromatic heterocycles. The topological polar surface area (TPSA) is 60.9 Å². The second-order valence-electron chi connectivity index (χ2n) is 8.14. The predicted molar refractivity (Wildman–Crippen MR) is 120 cm³/mol. The number of hydrogen-bond donors (Lipinski definition) is 0. The van der Waals surface area contributed by atoms with E-state index in [1.54, 1.807) is 12.1 Å². The molecule has 0 aliphatic carbocycles. The third-order valence-electron chi connectivity index (χ3n) is 5.98. The molecule has 0 unspecified atom stereocenters. The largest absolute Gasteiger partial charge is 0.341 e. The Bertz CT molecular complexity index is 988. The number of rotatable bonds is 5. The van der Waals surface area contributed by atoms with E-state index in [2.05, 4.69) is 6.58 Å². The molecule has 0 bridgehead atoms. The number of benzene rings is 2. The van der Waals surface area contributed by atoms with Crippen molar-refractivity contribution in [3.05, 3.63) is 71.8 Å². The van der Waals surface area contributed by atoms with Crippen LogP contribution in [0.1, 0.15) is 40.7 Å². The summed E-state index contributed by atoms with van der Waals surface area (Å²) in [6, 6.07) is 14.7. The normalized spacial score (nSPS) is 15.8. The molecule has 1 fully saturated rings. The molecule has 0 atom stereocenters. The zero-order valence-electron chi connectivity index (χ0n) is 17.8. The minimum Gasteiger partial charge on any atom is -0.341 e. The highest BCUT2D eigenvalue weighted by Gasteiger charge is 2.34. The van der Waals surface area contributed by atoms with Crippen molar-refractivity contribution in [2.24, 2.45) is 0 Å². The number of nitrogens with zero attached hydrogens (tertiary/aromatic N) is 3.